The van der Waals surface area contributed by atoms with Crippen LogP contribution in [-0.4, -0.2) is 27.3 Å². The van der Waals surface area contributed by atoms with Crippen molar-refractivity contribution >= 4 is 21.6 Å². The minimum Gasteiger partial charge on any atom is -0.388 e. The Morgan fingerprint density at radius 1 is 1.38 bits per heavy atom. The summed E-state index contributed by atoms with van der Waals surface area (Å²) in [7, 11) is 3.25. The summed E-state index contributed by atoms with van der Waals surface area (Å²) >= 11 is 3.38. The van der Waals surface area contributed by atoms with Gasteiger partial charge in [-0.1, -0.05) is 22.0 Å². The van der Waals surface area contributed by atoms with Crippen molar-refractivity contribution in [1.82, 2.24) is 0 Å². The van der Waals surface area contributed by atoms with Crippen LogP contribution in [0.5, 0.6) is 0 Å². The van der Waals surface area contributed by atoms with Crippen molar-refractivity contribution in [1.29, 1.82) is 0 Å². The average Bonchev–Trinajstić information content (AvgIpc) is 2.16. The quantitative estimate of drug-likeness (QED) is 0.586. The molecule has 0 saturated carbocycles. The molecule has 1 rings (SSSR count). The fraction of sp³-hybridized carbons (Fsp3) is 0.364. The summed E-state index contributed by atoms with van der Waals surface area (Å²) in [6, 6.07) is 8.02. The number of nitrogens with two attached hydrogens (primary N) is 1. The molecule has 1 aromatic carbocycles. The van der Waals surface area contributed by atoms with E-state index in [0.29, 0.717) is 6.54 Å². The predicted molar refractivity (Wildman–Crippen MR) is 71.0 cm³/mol. The van der Waals surface area contributed by atoms with Gasteiger partial charge >= 0.3 is 51.4 Å². The van der Waals surface area contributed by atoms with E-state index in [4.69, 9.17) is 5.73 Å². The van der Waals surface area contributed by atoms with Crippen LogP contribution in [-0.2, 0) is 4.74 Å². The molecule has 0 radical (unpaired) electrons. The Kier molecular flexibility index (Phi) is 22.3. The Morgan fingerprint density at radius 2 is 1.94 bits per heavy atom. The van der Waals surface area contributed by atoms with Gasteiger partial charge in [-0.05, 0) is 18.2 Å². The van der Waals surface area contributed by atoms with Crippen LogP contribution in [0.25, 0.3) is 0 Å². The number of nitrogens with one attached hydrogen (secondary N) is 1. The standard InChI is InChI=1S/C8H11BrN2.C2H6O.CH3.K/c9-7-2-1-3-8(6-7)11-5-4-10;1-3-2;;/h1-3,6,11H,4-5,10H2;1-2H3;1H3;/q;;-1;+1. The van der Waals surface area contributed by atoms with Crippen LogP contribution in [0.4, 0.5) is 5.69 Å². The topological polar surface area (TPSA) is 47.3 Å². The third kappa shape index (κ3) is 13.1. The zero-order valence-electron chi connectivity index (χ0n) is 10.6. The second-order valence-electron chi connectivity index (χ2n) is 2.63. The van der Waals surface area contributed by atoms with Gasteiger partial charge in [-0.25, -0.2) is 0 Å². The number of halogens is 1. The zero-order valence-corrected chi connectivity index (χ0v) is 15.3. The molecule has 3 nitrogen and oxygen atoms in total. The molecular formula is C11H20BrKN2O. The van der Waals surface area contributed by atoms with Crippen LogP contribution in [0.3, 0.4) is 0 Å². The molecule has 0 aliphatic carbocycles. The van der Waals surface area contributed by atoms with Crippen molar-refractivity contribution in [3.05, 3.63) is 36.2 Å². The van der Waals surface area contributed by atoms with E-state index in [0.717, 1.165) is 16.7 Å². The van der Waals surface area contributed by atoms with E-state index in [-0.39, 0.29) is 58.8 Å². The molecule has 0 fully saturated rings. The van der Waals surface area contributed by atoms with Crippen LogP contribution in [0, 0.1) is 7.43 Å². The molecule has 88 valence electrons. The molecular weight excluding hydrogens is 295 g/mol. The fourth-order valence-electron chi connectivity index (χ4n) is 0.815. The molecule has 1 aromatic rings. The third-order valence-corrected chi connectivity index (χ3v) is 1.79. The van der Waals surface area contributed by atoms with Gasteiger partial charge in [-0.15, -0.1) is 0 Å². The summed E-state index contributed by atoms with van der Waals surface area (Å²) in [4.78, 5) is 0. The minimum absolute atomic E-state index is 0. The van der Waals surface area contributed by atoms with Crippen LogP contribution in [0.2, 0.25) is 0 Å². The Bertz CT molecular complexity index is 249. The minimum atomic E-state index is 0. The molecule has 0 spiro atoms. The molecule has 0 atom stereocenters. The second kappa shape index (κ2) is 16.1. The van der Waals surface area contributed by atoms with Gasteiger partial charge in [0.25, 0.3) is 0 Å². The number of hydrogen-bond acceptors (Lipinski definition) is 3. The van der Waals surface area contributed by atoms with E-state index in [1.807, 2.05) is 24.3 Å². The number of benzene rings is 1. The maximum absolute atomic E-state index is 5.34. The van der Waals surface area contributed by atoms with Crippen molar-refractivity contribution < 1.29 is 56.1 Å². The van der Waals surface area contributed by atoms with Crippen molar-refractivity contribution in [2.45, 2.75) is 0 Å². The first kappa shape index (κ1) is 22.3. The third-order valence-electron chi connectivity index (χ3n) is 1.30. The van der Waals surface area contributed by atoms with E-state index in [1.54, 1.807) is 14.2 Å². The van der Waals surface area contributed by atoms with Gasteiger partial charge in [0.05, 0.1) is 0 Å². The van der Waals surface area contributed by atoms with Gasteiger partial charge < -0.3 is 23.2 Å². The fourth-order valence-corrected chi connectivity index (χ4v) is 1.21. The van der Waals surface area contributed by atoms with Crippen LogP contribution >= 0.6 is 15.9 Å². The van der Waals surface area contributed by atoms with Crippen LogP contribution in [0.15, 0.2) is 28.7 Å². The smallest absolute Gasteiger partial charge is 0.388 e. The molecule has 0 unspecified atom stereocenters. The molecule has 0 saturated heterocycles. The zero-order chi connectivity index (χ0) is 10.8. The summed E-state index contributed by atoms with van der Waals surface area (Å²) in [6.45, 7) is 1.48. The molecule has 5 heteroatoms. The molecule has 0 bridgehead atoms. The first-order valence-electron chi connectivity index (χ1n) is 4.34. The van der Waals surface area contributed by atoms with E-state index in [1.165, 1.54) is 0 Å². The summed E-state index contributed by atoms with van der Waals surface area (Å²) in [5, 5.41) is 3.18. The Labute approximate surface area is 150 Å². The summed E-state index contributed by atoms with van der Waals surface area (Å²) in [6.07, 6.45) is 0. The molecule has 0 heterocycles. The first-order chi connectivity index (χ1) is 6.74. The number of methoxy groups -OCH3 is 1. The van der Waals surface area contributed by atoms with Gasteiger partial charge in [-0.3, -0.25) is 0 Å². The summed E-state index contributed by atoms with van der Waals surface area (Å²) < 4.78 is 5.33. The molecule has 0 amide bonds. The monoisotopic (exact) mass is 314 g/mol. The maximum Gasteiger partial charge on any atom is 1.00 e. The van der Waals surface area contributed by atoms with Crippen LogP contribution in [0.1, 0.15) is 0 Å². The predicted octanol–water partition coefficient (Wildman–Crippen LogP) is -0.463. The number of ether oxygens (including phenoxy) is 1. The van der Waals surface area contributed by atoms with Gasteiger partial charge in [0.15, 0.2) is 0 Å². The number of hydrogen-bond donors (Lipinski definition) is 2. The van der Waals surface area contributed by atoms with Crippen molar-refractivity contribution in [3.63, 3.8) is 0 Å². The van der Waals surface area contributed by atoms with Crippen molar-refractivity contribution in [2.75, 3.05) is 32.6 Å². The molecule has 16 heavy (non-hydrogen) atoms. The molecule has 0 aliphatic rings. The van der Waals surface area contributed by atoms with E-state index >= 15 is 0 Å². The Morgan fingerprint density at radius 3 is 2.38 bits per heavy atom. The van der Waals surface area contributed by atoms with Gasteiger partial charge in [0, 0.05) is 37.5 Å². The number of rotatable bonds is 3. The maximum atomic E-state index is 5.34. The van der Waals surface area contributed by atoms with E-state index in [9.17, 15) is 0 Å². The van der Waals surface area contributed by atoms with Crippen LogP contribution < -0.4 is 62.4 Å². The summed E-state index contributed by atoms with van der Waals surface area (Å²) in [5.41, 5.74) is 6.44. The normalized spacial score (nSPS) is 7.75. The van der Waals surface area contributed by atoms with E-state index < -0.39 is 0 Å². The molecule has 0 aliphatic heterocycles. The van der Waals surface area contributed by atoms with E-state index in [2.05, 4.69) is 26.0 Å². The molecule has 3 N–H and O–H groups in total. The first-order valence-corrected chi connectivity index (χ1v) is 5.13. The summed E-state index contributed by atoms with van der Waals surface area (Å²) in [5.74, 6) is 0. The Balaban J connectivity index is -0.000000306. The van der Waals surface area contributed by atoms with Gasteiger partial charge in [-0.2, -0.15) is 0 Å². The van der Waals surface area contributed by atoms with Crippen molar-refractivity contribution in [3.8, 4) is 0 Å². The van der Waals surface area contributed by atoms with Crippen molar-refractivity contribution in [2.24, 2.45) is 5.73 Å². The SMILES string of the molecule is COC.NCCNc1cccc(Br)c1.[CH3-].[K+]. The Hall–Kier alpha value is 1.06. The second-order valence-corrected chi connectivity index (χ2v) is 3.55. The largest absolute Gasteiger partial charge is 1.00 e. The number of anilines is 1. The average molecular weight is 315 g/mol. The van der Waals surface area contributed by atoms with Gasteiger partial charge in [0.2, 0.25) is 0 Å². The van der Waals surface area contributed by atoms with Gasteiger partial charge in [0.1, 0.15) is 0 Å². The molecule has 0 aromatic heterocycles.